The van der Waals surface area contributed by atoms with Crippen molar-refractivity contribution in [1.82, 2.24) is 15.5 Å². The lowest BCUT2D eigenvalue weighted by molar-refractivity contribution is -0.128. The first-order chi connectivity index (χ1) is 9.78. The van der Waals surface area contributed by atoms with Crippen LogP contribution in [0.1, 0.15) is 11.1 Å². The van der Waals surface area contributed by atoms with E-state index in [1.165, 1.54) is 0 Å². The van der Waals surface area contributed by atoms with Gasteiger partial charge in [-0.1, -0.05) is 24.3 Å². The molecule has 1 aromatic rings. The van der Waals surface area contributed by atoms with Crippen molar-refractivity contribution in [3.8, 4) is 0 Å². The molecule has 0 spiro atoms. The Morgan fingerprint density at radius 1 is 1.19 bits per heavy atom. The van der Waals surface area contributed by atoms with Gasteiger partial charge >= 0.3 is 6.18 Å². The smallest absolute Gasteiger partial charge is 0.351 e. The number of hydrogen-bond donors (Lipinski definition) is 2. The molecule has 118 valence electrons. The second kappa shape index (κ2) is 7.99. The summed E-state index contributed by atoms with van der Waals surface area (Å²) in [6, 6.07) is 7.63. The lowest BCUT2D eigenvalue weighted by Crippen LogP contribution is -2.38. The molecule has 0 heterocycles. The van der Waals surface area contributed by atoms with Crippen LogP contribution in [0.25, 0.3) is 0 Å². The van der Waals surface area contributed by atoms with Crippen molar-refractivity contribution in [1.29, 1.82) is 0 Å². The maximum atomic E-state index is 11.9. The van der Waals surface area contributed by atoms with Gasteiger partial charge in [0.25, 0.3) is 0 Å². The zero-order valence-corrected chi connectivity index (χ0v) is 12.1. The maximum Gasteiger partial charge on any atom is 0.401 e. The van der Waals surface area contributed by atoms with Crippen LogP contribution in [0.5, 0.6) is 0 Å². The monoisotopic (exact) mass is 303 g/mol. The Bertz CT molecular complexity index is 461. The maximum absolute atomic E-state index is 11.9. The van der Waals surface area contributed by atoms with E-state index >= 15 is 0 Å². The highest BCUT2D eigenvalue weighted by Gasteiger charge is 2.26. The Balaban J connectivity index is 2.42. The van der Waals surface area contributed by atoms with Gasteiger partial charge in [-0.25, -0.2) is 0 Å². The van der Waals surface area contributed by atoms with E-state index < -0.39 is 18.6 Å². The molecule has 0 aliphatic heterocycles. The Hall–Kier alpha value is -1.60. The molecular formula is C14H20F3N3O. The van der Waals surface area contributed by atoms with Gasteiger partial charge in [0.1, 0.15) is 0 Å². The Kier molecular flexibility index (Phi) is 6.64. The van der Waals surface area contributed by atoms with Crippen LogP contribution in [0.2, 0.25) is 0 Å². The number of hydrogen-bond acceptors (Lipinski definition) is 3. The van der Waals surface area contributed by atoms with Crippen LogP contribution in [0.15, 0.2) is 24.3 Å². The van der Waals surface area contributed by atoms with E-state index in [0.29, 0.717) is 6.54 Å². The first-order valence-electron chi connectivity index (χ1n) is 6.53. The molecule has 0 saturated carbocycles. The highest BCUT2D eigenvalue weighted by atomic mass is 19.4. The molecule has 2 N–H and O–H groups in total. The van der Waals surface area contributed by atoms with Crippen molar-refractivity contribution >= 4 is 5.91 Å². The molecule has 0 aromatic heterocycles. The van der Waals surface area contributed by atoms with E-state index in [9.17, 15) is 18.0 Å². The van der Waals surface area contributed by atoms with E-state index in [1.54, 1.807) is 0 Å². The molecule has 0 bridgehead atoms. The zero-order chi connectivity index (χ0) is 15.9. The van der Waals surface area contributed by atoms with E-state index in [4.69, 9.17) is 0 Å². The number of benzene rings is 1. The molecule has 0 fully saturated rings. The summed E-state index contributed by atoms with van der Waals surface area (Å²) in [7, 11) is 3.88. The Morgan fingerprint density at radius 3 is 2.38 bits per heavy atom. The SMILES string of the molecule is CN(C)Cc1ccccc1CNC(=O)CNCC(F)(F)F. The number of nitrogens with zero attached hydrogens (tertiary/aromatic N) is 1. The van der Waals surface area contributed by atoms with Crippen LogP contribution in [0, 0.1) is 0 Å². The van der Waals surface area contributed by atoms with Gasteiger partial charge in [0.15, 0.2) is 0 Å². The van der Waals surface area contributed by atoms with Crippen molar-refractivity contribution < 1.29 is 18.0 Å². The summed E-state index contributed by atoms with van der Waals surface area (Å²) in [5.74, 6) is -0.459. The summed E-state index contributed by atoms with van der Waals surface area (Å²) in [5, 5.41) is 4.67. The Labute approximate surface area is 122 Å². The second-order valence-corrected chi connectivity index (χ2v) is 5.00. The molecule has 1 amide bonds. The van der Waals surface area contributed by atoms with Crippen molar-refractivity contribution in [3.05, 3.63) is 35.4 Å². The van der Waals surface area contributed by atoms with Crippen LogP contribution in [-0.4, -0.2) is 44.2 Å². The highest BCUT2D eigenvalue weighted by Crippen LogP contribution is 2.12. The number of carbonyl (C=O) groups excluding carboxylic acids is 1. The highest BCUT2D eigenvalue weighted by molar-refractivity contribution is 5.78. The minimum absolute atomic E-state index is 0.302. The van der Waals surface area contributed by atoms with Gasteiger partial charge in [-0.3, -0.25) is 4.79 Å². The van der Waals surface area contributed by atoms with Crippen LogP contribution in [0.4, 0.5) is 13.2 Å². The average Bonchev–Trinajstić information content (AvgIpc) is 2.35. The zero-order valence-electron chi connectivity index (χ0n) is 12.1. The predicted molar refractivity (Wildman–Crippen MR) is 74.6 cm³/mol. The van der Waals surface area contributed by atoms with Crippen LogP contribution in [0.3, 0.4) is 0 Å². The summed E-state index contributed by atoms with van der Waals surface area (Å²) in [4.78, 5) is 13.5. The molecule has 0 unspecified atom stereocenters. The van der Waals surface area contributed by atoms with Crippen molar-refractivity contribution in [2.24, 2.45) is 0 Å². The summed E-state index contributed by atoms with van der Waals surface area (Å²) in [6.07, 6.45) is -4.31. The summed E-state index contributed by atoms with van der Waals surface area (Å²) >= 11 is 0. The Morgan fingerprint density at radius 2 is 1.81 bits per heavy atom. The summed E-state index contributed by atoms with van der Waals surface area (Å²) < 4.78 is 35.8. The van der Waals surface area contributed by atoms with Gasteiger partial charge in [0, 0.05) is 13.1 Å². The number of amides is 1. The minimum Gasteiger partial charge on any atom is -0.351 e. The third-order valence-electron chi connectivity index (χ3n) is 2.69. The first kappa shape index (κ1) is 17.5. The normalized spacial score (nSPS) is 11.7. The topological polar surface area (TPSA) is 44.4 Å². The second-order valence-electron chi connectivity index (χ2n) is 5.00. The van der Waals surface area contributed by atoms with Crippen LogP contribution < -0.4 is 10.6 Å². The molecular weight excluding hydrogens is 283 g/mol. The van der Waals surface area contributed by atoms with Crippen LogP contribution >= 0.6 is 0 Å². The van der Waals surface area contributed by atoms with Gasteiger partial charge < -0.3 is 15.5 Å². The van der Waals surface area contributed by atoms with Gasteiger partial charge in [-0.15, -0.1) is 0 Å². The lowest BCUT2D eigenvalue weighted by Gasteiger charge is -2.15. The van der Waals surface area contributed by atoms with E-state index in [2.05, 4.69) is 10.6 Å². The number of carbonyl (C=O) groups is 1. The minimum atomic E-state index is -4.31. The number of nitrogens with one attached hydrogen (secondary N) is 2. The fourth-order valence-electron chi connectivity index (χ4n) is 1.80. The summed E-state index contributed by atoms with van der Waals surface area (Å²) in [5.41, 5.74) is 2.03. The third kappa shape index (κ3) is 7.67. The van der Waals surface area contributed by atoms with Gasteiger partial charge in [-0.05, 0) is 25.2 Å². The van der Waals surface area contributed by atoms with Crippen molar-refractivity contribution in [2.75, 3.05) is 27.2 Å². The molecule has 21 heavy (non-hydrogen) atoms. The molecule has 1 aromatic carbocycles. The number of alkyl halides is 3. The van der Waals surface area contributed by atoms with E-state index in [1.807, 2.05) is 43.3 Å². The molecule has 4 nitrogen and oxygen atoms in total. The molecule has 0 atom stereocenters. The van der Waals surface area contributed by atoms with E-state index in [0.717, 1.165) is 17.7 Å². The molecule has 0 aliphatic carbocycles. The van der Waals surface area contributed by atoms with E-state index in [-0.39, 0.29) is 6.54 Å². The lowest BCUT2D eigenvalue weighted by atomic mass is 10.1. The van der Waals surface area contributed by atoms with Crippen molar-refractivity contribution in [2.45, 2.75) is 19.3 Å². The fraction of sp³-hybridized carbons (Fsp3) is 0.500. The average molecular weight is 303 g/mol. The van der Waals surface area contributed by atoms with Crippen molar-refractivity contribution in [3.63, 3.8) is 0 Å². The van der Waals surface area contributed by atoms with Gasteiger partial charge in [-0.2, -0.15) is 13.2 Å². The quantitative estimate of drug-likeness (QED) is 0.803. The van der Waals surface area contributed by atoms with Gasteiger partial charge in [0.05, 0.1) is 13.1 Å². The first-order valence-corrected chi connectivity index (χ1v) is 6.53. The third-order valence-corrected chi connectivity index (χ3v) is 2.69. The molecule has 0 saturated heterocycles. The van der Waals surface area contributed by atoms with Crippen LogP contribution in [-0.2, 0) is 17.9 Å². The molecule has 0 radical (unpaired) electrons. The fourth-order valence-corrected chi connectivity index (χ4v) is 1.80. The van der Waals surface area contributed by atoms with Gasteiger partial charge in [0.2, 0.25) is 5.91 Å². The number of rotatable bonds is 7. The molecule has 1 rings (SSSR count). The molecule has 7 heteroatoms. The number of halogens is 3. The standard InChI is InChI=1S/C14H20F3N3O/c1-20(2)9-12-6-4-3-5-11(12)7-19-13(21)8-18-10-14(15,16)17/h3-6,18H,7-10H2,1-2H3,(H,19,21). The summed E-state index contributed by atoms with van der Waals surface area (Å²) in [6.45, 7) is -0.484. The predicted octanol–water partition coefficient (Wildman–Crippen LogP) is 1.52. The largest absolute Gasteiger partial charge is 0.401 e. The molecule has 0 aliphatic rings.